The zero-order valence-electron chi connectivity index (χ0n) is 6.04. The molecule has 0 amide bonds. The number of rotatable bonds is 0. The van der Waals surface area contributed by atoms with Gasteiger partial charge in [0.15, 0.2) is 0 Å². The molecule has 0 bridgehead atoms. The molecule has 11 heavy (non-hydrogen) atoms. The highest BCUT2D eigenvalue weighted by Crippen LogP contribution is 2.57. The molecule has 54 valence electrons. The lowest BCUT2D eigenvalue weighted by atomic mass is 10.1. The number of fused-ring (bicyclic) bond motifs is 3. The molecular weight excluding hydrogens is 136 g/mol. The summed E-state index contributed by atoms with van der Waals surface area (Å²) in [5, 5.41) is 9.85. The second kappa shape index (κ2) is 1.41. The van der Waals surface area contributed by atoms with Gasteiger partial charge in [-0.15, -0.1) is 0 Å². The first-order chi connectivity index (χ1) is 5.31. The van der Waals surface area contributed by atoms with E-state index in [1.54, 1.807) is 0 Å². The number of benzene rings is 1. The maximum Gasteiger partial charge on any atom is 0.115 e. The van der Waals surface area contributed by atoms with E-state index in [2.05, 4.69) is 6.08 Å². The monoisotopic (exact) mass is 144 g/mol. The molecule has 1 saturated carbocycles. The van der Waals surface area contributed by atoms with Gasteiger partial charge in [0.1, 0.15) is 5.60 Å². The van der Waals surface area contributed by atoms with Crippen molar-refractivity contribution >= 4 is 6.08 Å². The van der Waals surface area contributed by atoms with Crippen molar-refractivity contribution in [1.29, 1.82) is 0 Å². The molecule has 1 N–H and O–H groups in total. The summed E-state index contributed by atoms with van der Waals surface area (Å²) >= 11 is 0. The minimum absolute atomic E-state index is 0.545. The fourth-order valence-corrected chi connectivity index (χ4v) is 1.86. The second-order valence-corrected chi connectivity index (χ2v) is 3.29. The van der Waals surface area contributed by atoms with Crippen molar-refractivity contribution in [2.45, 2.75) is 12.0 Å². The fraction of sp³-hybridized carbons (Fsp3) is 0.200. The highest BCUT2D eigenvalue weighted by atomic mass is 16.3. The van der Waals surface area contributed by atoms with Crippen LogP contribution < -0.4 is 0 Å². The summed E-state index contributed by atoms with van der Waals surface area (Å²) in [7, 11) is 0. The first-order valence-corrected chi connectivity index (χ1v) is 3.84. The summed E-state index contributed by atoms with van der Waals surface area (Å²) in [5.41, 5.74) is 2.92. The first kappa shape index (κ1) is 5.56. The average Bonchev–Trinajstić information content (AvgIpc) is 2.57. The van der Waals surface area contributed by atoms with Crippen LogP contribution in [-0.2, 0) is 5.60 Å². The second-order valence-electron chi connectivity index (χ2n) is 3.29. The summed E-state index contributed by atoms with van der Waals surface area (Å²) in [6.45, 7) is 0. The lowest BCUT2D eigenvalue weighted by molar-refractivity contribution is 0.168. The molecule has 0 spiro atoms. The molecule has 1 aromatic rings. The minimum atomic E-state index is -0.545. The van der Waals surface area contributed by atoms with Gasteiger partial charge in [-0.25, -0.2) is 0 Å². The van der Waals surface area contributed by atoms with E-state index in [-0.39, 0.29) is 0 Å². The molecule has 3 rings (SSSR count). The van der Waals surface area contributed by atoms with Crippen molar-refractivity contribution in [2.75, 3.05) is 0 Å². The Kier molecular flexibility index (Phi) is 0.712. The molecule has 2 aliphatic carbocycles. The van der Waals surface area contributed by atoms with Crippen LogP contribution in [0.2, 0.25) is 0 Å². The largest absolute Gasteiger partial charge is 0.380 e. The molecule has 1 fully saturated rings. The van der Waals surface area contributed by atoms with Crippen LogP contribution in [0.15, 0.2) is 29.8 Å². The van der Waals surface area contributed by atoms with Crippen LogP contribution in [0.5, 0.6) is 0 Å². The van der Waals surface area contributed by atoms with Crippen LogP contribution in [0.1, 0.15) is 17.5 Å². The SMILES string of the molecule is OC12CC1=Cc1ccccc12. The van der Waals surface area contributed by atoms with Gasteiger partial charge in [-0.1, -0.05) is 30.3 Å². The van der Waals surface area contributed by atoms with Crippen LogP contribution in [0.25, 0.3) is 6.08 Å². The lowest BCUT2D eigenvalue weighted by Crippen LogP contribution is -2.03. The predicted octanol–water partition coefficient (Wildman–Crippen LogP) is 1.67. The van der Waals surface area contributed by atoms with Crippen LogP contribution in [0, 0.1) is 0 Å². The third kappa shape index (κ3) is 0.511. The average molecular weight is 144 g/mol. The fourth-order valence-electron chi connectivity index (χ4n) is 1.86. The summed E-state index contributed by atoms with van der Waals surface area (Å²) < 4.78 is 0. The normalized spacial score (nSPS) is 30.8. The molecule has 1 heteroatoms. The molecule has 1 nitrogen and oxygen atoms in total. The Labute approximate surface area is 65.0 Å². The van der Waals surface area contributed by atoms with E-state index < -0.39 is 5.60 Å². The van der Waals surface area contributed by atoms with E-state index in [9.17, 15) is 5.11 Å². The van der Waals surface area contributed by atoms with E-state index in [0.29, 0.717) is 0 Å². The van der Waals surface area contributed by atoms with Gasteiger partial charge in [-0.3, -0.25) is 0 Å². The summed E-state index contributed by atoms with van der Waals surface area (Å²) in [6, 6.07) is 8.04. The predicted molar refractivity (Wildman–Crippen MR) is 42.9 cm³/mol. The molecule has 2 aliphatic rings. The Morgan fingerprint density at radius 3 is 2.91 bits per heavy atom. The molecule has 0 aromatic heterocycles. The Morgan fingerprint density at radius 1 is 1.27 bits per heavy atom. The Bertz CT molecular complexity index is 365. The molecule has 1 atom stereocenters. The van der Waals surface area contributed by atoms with Gasteiger partial charge >= 0.3 is 0 Å². The van der Waals surface area contributed by atoms with E-state index in [4.69, 9.17) is 0 Å². The van der Waals surface area contributed by atoms with E-state index >= 15 is 0 Å². The smallest absolute Gasteiger partial charge is 0.115 e. The molecule has 0 saturated heterocycles. The van der Waals surface area contributed by atoms with E-state index in [1.165, 1.54) is 11.1 Å². The summed E-state index contributed by atoms with van der Waals surface area (Å²) in [5.74, 6) is 0. The summed E-state index contributed by atoms with van der Waals surface area (Å²) in [4.78, 5) is 0. The van der Waals surface area contributed by atoms with Crippen LogP contribution in [0.3, 0.4) is 0 Å². The van der Waals surface area contributed by atoms with Crippen molar-refractivity contribution < 1.29 is 5.11 Å². The molecule has 1 unspecified atom stereocenters. The van der Waals surface area contributed by atoms with Gasteiger partial charge < -0.3 is 5.11 Å². The van der Waals surface area contributed by atoms with Gasteiger partial charge in [-0.2, -0.15) is 0 Å². The molecule has 0 heterocycles. The van der Waals surface area contributed by atoms with Gasteiger partial charge in [0, 0.05) is 6.42 Å². The van der Waals surface area contributed by atoms with Gasteiger partial charge in [0.25, 0.3) is 0 Å². The van der Waals surface area contributed by atoms with Crippen LogP contribution >= 0.6 is 0 Å². The Hall–Kier alpha value is -1.08. The highest BCUT2D eigenvalue weighted by Gasteiger charge is 2.52. The van der Waals surface area contributed by atoms with E-state index in [0.717, 1.165) is 12.0 Å². The van der Waals surface area contributed by atoms with Crippen molar-refractivity contribution in [3.05, 3.63) is 41.0 Å². The van der Waals surface area contributed by atoms with Crippen LogP contribution in [0.4, 0.5) is 0 Å². The van der Waals surface area contributed by atoms with Gasteiger partial charge in [-0.05, 0) is 16.7 Å². The van der Waals surface area contributed by atoms with Crippen molar-refractivity contribution in [1.82, 2.24) is 0 Å². The molecule has 0 aliphatic heterocycles. The number of hydrogen-bond acceptors (Lipinski definition) is 1. The van der Waals surface area contributed by atoms with E-state index in [1.807, 2.05) is 24.3 Å². The standard InChI is InChI=1S/C10H8O/c11-10-6-8(10)5-7-3-1-2-4-9(7)10/h1-5,11H,6H2. The highest BCUT2D eigenvalue weighted by molar-refractivity contribution is 5.74. The topological polar surface area (TPSA) is 20.2 Å². The number of aliphatic hydroxyl groups is 1. The molecule has 0 radical (unpaired) electrons. The maximum atomic E-state index is 9.85. The summed E-state index contributed by atoms with van der Waals surface area (Å²) in [6.07, 6.45) is 2.94. The first-order valence-electron chi connectivity index (χ1n) is 3.84. The van der Waals surface area contributed by atoms with Gasteiger partial charge in [0.05, 0.1) is 0 Å². The number of hydrogen-bond donors (Lipinski definition) is 1. The van der Waals surface area contributed by atoms with Crippen molar-refractivity contribution in [2.24, 2.45) is 0 Å². The third-order valence-corrected chi connectivity index (χ3v) is 2.59. The minimum Gasteiger partial charge on any atom is -0.380 e. The Balaban J connectivity index is 2.33. The molecule has 1 aromatic carbocycles. The van der Waals surface area contributed by atoms with Crippen LogP contribution in [-0.4, -0.2) is 5.11 Å². The van der Waals surface area contributed by atoms with Crippen molar-refractivity contribution in [3.63, 3.8) is 0 Å². The quantitative estimate of drug-likeness (QED) is 0.587. The van der Waals surface area contributed by atoms with Crippen molar-refractivity contribution in [3.8, 4) is 0 Å². The van der Waals surface area contributed by atoms with Gasteiger partial charge in [0.2, 0.25) is 0 Å². The molecular formula is C10H8O. The zero-order valence-corrected chi connectivity index (χ0v) is 6.04. The lowest BCUT2D eigenvalue weighted by Gasteiger charge is -2.05. The Morgan fingerprint density at radius 2 is 2.09 bits per heavy atom. The maximum absolute atomic E-state index is 9.85. The zero-order chi connectivity index (χ0) is 7.47. The third-order valence-electron chi connectivity index (χ3n) is 2.59.